The Kier molecular flexibility index (Phi) is 5.58. The average molecular weight is 326 g/mol. The van der Waals surface area contributed by atoms with Gasteiger partial charge in [-0.2, -0.15) is 4.39 Å². The van der Waals surface area contributed by atoms with Gasteiger partial charge in [-0.25, -0.2) is 13.8 Å². The Morgan fingerprint density at radius 3 is 2.72 bits per heavy atom. The van der Waals surface area contributed by atoms with Crippen molar-refractivity contribution in [1.29, 1.82) is 0 Å². The summed E-state index contributed by atoms with van der Waals surface area (Å²) < 4.78 is 43.6. The molecule has 0 aliphatic carbocycles. The number of pyridine rings is 1. The highest BCUT2D eigenvalue weighted by atomic mass is 79.9. The summed E-state index contributed by atoms with van der Waals surface area (Å²) in [6.07, 6.45) is -2.29. The van der Waals surface area contributed by atoms with Crippen LogP contribution < -0.4 is 0 Å². The monoisotopic (exact) mass is 325 g/mol. The van der Waals surface area contributed by atoms with E-state index in [1.165, 1.54) is 0 Å². The molecule has 1 aromatic heterocycles. The van der Waals surface area contributed by atoms with E-state index in [0.717, 1.165) is 6.20 Å². The number of rotatable bonds is 5. The number of halogens is 4. The highest BCUT2D eigenvalue weighted by molar-refractivity contribution is 9.08. The van der Waals surface area contributed by atoms with Crippen LogP contribution in [0.3, 0.4) is 0 Å². The summed E-state index contributed by atoms with van der Waals surface area (Å²) in [5.41, 5.74) is -0.549. The second kappa shape index (κ2) is 6.72. The van der Waals surface area contributed by atoms with Crippen LogP contribution in [0.1, 0.15) is 30.0 Å². The van der Waals surface area contributed by atoms with E-state index in [2.05, 4.69) is 25.7 Å². The third-order valence-corrected chi connectivity index (χ3v) is 2.86. The highest BCUT2D eigenvalue weighted by Crippen LogP contribution is 2.28. The Morgan fingerprint density at radius 1 is 1.56 bits per heavy atom. The average Bonchev–Trinajstić information content (AvgIpc) is 2.29. The number of nitrogens with zero attached hydrogens (tertiary/aromatic N) is 1. The highest BCUT2D eigenvalue weighted by Gasteiger charge is 2.24. The van der Waals surface area contributed by atoms with Crippen LogP contribution in [0.5, 0.6) is 0 Å². The van der Waals surface area contributed by atoms with Gasteiger partial charge >= 0.3 is 5.97 Å². The van der Waals surface area contributed by atoms with E-state index >= 15 is 0 Å². The summed E-state index contributed by atoms with van der Waals surface area (Å²) in [5, 5.41) is 0.203. The zero-order valence-electron chi connectivity index (χ0n) is 9.55. The molecule has 0 fully saturated rings. The fourth-order valence-electron chi connectivity index (χ4n) is 1.48. The van der Waals surface area contributed by atoms with Crippen LogP contribution in [0, 0.1) is 5.95 Å². The van der Waals surface area contributed by atoms with E-state index < -0.39 is 30.3 Å². The van der Waals surface area contributed by atoms with E-state index in [1.807, 2.05) is 0 Å². The van der Waals surface area contributed by atoms with Gasteiger partial charge in [0.05, 0.1) is 18.6 Å². The summed E-state index contributed by atoms with van der Waals surface area (Å²) in [5.74, 6) is -1.93. The van der Waals surface area contributed by atoms with Crippen LogP contribution in [-0.4, -0.2) is 17.6 Å². The molecule has 1 heterocycles. The van der Waals surface area contributed by atoms with Crippen LogP contribution in [0.25, 0.3) is 0 Å². The molecule has 1 rings (SSSR count). The Bertz CT molecular complexity index is 441. The molecule has 7 heteroatoms. The normalized spacial score (nSPS) is 10.8. The smallest absolute Gasteiger partial charge is 0.310 e. The van der Waals surface area contributed by atoms with Gasteiger partial charge in [0.25, 0.3) is 6.43 Å². The summed E-state index contributed by atoms with van der Waals surface area (Å²) in [6.45, 7) is 1.74. The minimum atomic E-state index is -3.03. The predicted molar refractivity (Wildman–Crippen MR) is 62.1 cm³/mol. The van der Waals surface area contributed by atoms with Crippen LogP contribution in [-0.2, 0) is 21.3 Å². The molecule has 0 spiro atoms. The number of carbonyl (C=O) groups excluding carboxylic acids is 1. The van der Waals surface area contributed by atoms with Crippen molar-refractivity contribution < 1.29 is 22.7 Å². The molecule has 0 saturated heterocycles. The van der Waals surface area contributed by atoms with Crippen molar-refractivity contribution >= 4 is 21.9 Å². The lowest BCUT2D eigenvalue weighted by Crippen LogP contribution is -2.13. The fourth-order valence-corrected chi connectivity index (χ4v) is 1.96. The molecular weight excluding hydrogens is 315 g/mol. The topological polar surface area (TPSA) is 39.2 Å². The molecule has 100 valence electrons. The Hall–Kier alpha value is -1.11. The first-order valence-corrected chi connectivity index (χ1v) is 6.29. The minimum absolute atomic E-state index is 0.0622. The lowest BCUT2D eigenvalue weighted by Gasteiger charge is -2.12. The molecule has 0 N–H and O–H groups in total. The lowest BCUT2D eigenvalue weighted by atomic mass is 10.0. The molecule has 0 atom stereocenters. The molecular formula is C11H11BrF3NO2. The standard InChI is InChI=1S/C11H11BrF3NO2/c1-2-18-8(17)3-7-6(4-12)5-16-11(15)9(7)10(13)14/h5,10H,2-4H2,1H3. The van der Waals surface area contributed by atoms with E-state index in [1.54, 1.807) is 6.92 Å². The van der Waals surface area contributed by atoms with Crippen molar-refractivity contribution in [2.24, 2.45) is 0 Å². The molecule has 3 nitrogen and oxygen atoms in total. The molecule has 0 amide bonds. The van der Waals surface area contributed by atoms with Gasteiger partial charge in [0, 0.05) is 11.5 Å². The molecule has 1 aromatic rings. The number of carbonyl (C=O) groups is 1. The first-order chi connectivity index (χ1) is 8.51. The number of aromatic nitrogens is 1. The number of hydrogen-bond donors (Lipinski definition) is 0. The van der Waals surface area contributed by atoms with Crippen LogP contribution in [0.2, 0.25) is 0 Å². The predicted octanol–water partition coefficient (Wildman–Crippen LogP) is 3.16. The molecule has 0 radical (unpaired) electrons. The first-order valence-electron chi connectivity index (χ1n) is 5.17. The quantitative estimate of drug-likeness (QED) is 0.474. The molecule has 0 aliphatic heterocycles. The zero-order valence-corrected chi connectivity index (χ0v) is 11.1. The van der Waals surface area contributed by atoms with Crippen LogP contribution in [0.15, 0.2) is 6.20 Å². The van der Waals surface area contributed by atoms with Crippen LogP contribution >= 0.6 is 15.9 Å². The van der Waals surface area contributed by atoms with Gasteiger partial charge in [0.2, 0.25) is 5.95 Å². The van der Waals surface area contributed by atoms with Crippen molar-refractivity contribution in [3.8, 4) is 0 Å². The van der Waals surface area contributed by atoms with E-state index in [0.29, 0.717) is 5.56 Å². The van der Waals surface area contributed by atoms with Gasteiger partial charge in [-0.3, -0.25) is 4.79 Å². The zero-order chi connectivity index (χ0) is 13.7. The Morgan fingerprint density at radius 2 is 2.22 bits per heavy atom. The second-order valence-corrected chi connectivity index (χ2v) is 3.94. The number of esters is 1. The molecule has 0 aliphatic rings. The molecule has 0 saturated carbocycles. The molecule has 0 unspecified atom stereocenters. The minimum Gasteiger partial charge on any atom is -0.466 e. The van der Waals surface area contributed by atoms with Gasteiger partial charge in [0.15, 0.2) is 0 Å². The first kappa shape index (κ1) is 14.9. The lowest BCUT2D eigenvalue weighted by molar-refractivity contribution is -0.142. The van der Waals surface area contributed by atoms with Crippen molar-refractivity contribution in [3.63, 3.8) is 0 Å². The van der Waals surface area contributed by atoms with Crippen molar-refractivity contribution in [2.75, 3.05) is 6.61 Å². The second-order valence-electron chi connectivity index (χ2n) is 3.38. The Labute approximate surface area is 110 Å². The van der Waals surface area contributed by atoms with Crippen molar-refractivity contribution in [2.45, 2.75) is 25.1 Å². The van der Waals surface area contributed by atoms with E-state index in [9.17, 15) is 18.0 Å². The fraction of sp³-hybridized carbons (Fsp3) is 0.455. The number of hydrogen-bond acceptors (Lipinski definition) is 3. The van der Waals surface area contributed by atoms with E-state index in [-0.39, 0.29) is 17.5 Å². The summed E-state index contributed by atoms with van der Waals surface area (Å²) in [4.78, 5) is 14.6. The van der Waals surface area contributed by atoms with Gasteiger partial charge < -0.3 is 4.74 Å². The SMILES string of the molecule is CCOC(=O)Cc1c(CBr)cnc(F)c1C(F)F. The van der Waals surface area contributed by atoms with E-state index in [4.69, 9.17) is 0 Å². The maximum absolute atomic E-state index is 13.3. The van der Waals surface area contributed by atoms with Crippen molar-refractivity contribution in [3.05, 3.63) is 28.8 Å². The van der Waals surface area contributed by atoms with Gasteiger partial charge in [-0.15, -0.1) is 0 Å². The summed E-state index contributed by atoms with van der Waals surface area (Å²) in [6, 6.07) is 0. The maximum atomic E-state index is 13.3. The van der Waals surface area contributed by atoms with Crippen LogP contribution in [0.4, 0.5) is 13.2 Å². The molecule has 0 aromatic carbocycles. The van der Waals surface area contributed by atoms with Gasteiger partial charge in [-0.05, 0) is 18.1 Å². The van der Waals surface area contributed by atoms with Gasteiger partial charge in [0.1, 0.15) is 0 Å². The molecule has 0 bridgehead atoms. The Balaban J connectivity index is 3.19. The summed E-state index contributed by atoms with van der Waals surface area (Å²) >= 11 is 3.09. The maximum Gasteiger partial charge on any atom is 0.310 e. The summed E-state index contributed by atoms with van der Waals surface area (Å²) in [7, 11) is 0. The van der Waals surface area contributed by atoms with Gasteiger partial charge in [-0.1, -0.05) is 15.9 Å². The molecule has 18 heavy (non-hydrogen) atoms. The van der Waals surface area contributed by atoms with Crippen molar-refractivity contribution in [1.82, 2.24) is 4.98 Å². The number of alkyl halides is 3. The number of ether oxygens (including phenoxy) is 1. The largest absolute Gasteiger partial charge is 0.466 e. The third kappa shape index (κ3) is 3.44. The third-order valence-electron chi connectivity index (χ3n) is 2.26.